The fourth-order valence-corrected chi connectivity index (χ4v) is 2.96. The number of rotatable bonds is 5. The van der Waals surface area contributed by atoms with Gasteiger partial charge in [-0.3, -0.25) is 4.79 Å². The second-order valence-corrected chi connectivity index (χ2v) is 5.90. The van der Waals surface area contributed by atoms with E-state index in [1.807, 2.05) is 35.0 Å². The summed E-state index contributed by atoms with van der Waals surface area (Å²) in [6.07, 6.45) is 3.62. The average molecular weight is 355 g/mol. The Balaban J connectivity index is 2.08. The normalized spacial score (nSPS) is 11.0. The number of ether oxygens (including phenoxy) is 1. The summed E-state index contributed by atoms with van der Waals surface area (Å²) in [5.41, 5.74) is 3.34. The summed E-state index contributed by atoms with van der Waals surface area (Å²) in [4.78, 5) is 11.9. The predicted octanol–water partition coefficient (Wildman–Crippen LogP) is 4.14. The molecule has 0 aliphatic carbocycles. The van der Waals surface area contributed by atoms with Gasteiger partial charge in [-0.2, -0.15) is 10.5 Å². The lowest BCUT2D eigenvalue weighted by atomic mass is 10.0. The van der Waals surface area contributed by atoms with Crippen LogP contribution >= 0.6 is 0 Å². The van der Waals surface area contributed by atoms with Crippen LogP contribution in [0.15, 0.2) is 54.7 Å². The number of carbonyl (C=O) groups excluding carboxylic acids is 1. The van der Waals surface area contributed by atoms with E-state index in [0.29, 0.717) is 23.3 Å². The second kappa shape index (κ2) is 8.03. The molecule has 0 unspecified atom stereocenters. The molecule has 1 aromatic heterocycles. The van der Waals surface area contributed by atoms with E-state index in [0.717, 1.165) is 16.5 Å². The Bertz CT molecular complexity index is 1110. The smallest absolute Gasteiger partial charge is 0.325 e. The minimum atomic E-state index is -0.309. The number of nitrogens with zero attached hydrogens (tertiary/aromatic N) is 3. The van der Waals surface area contributed by atoms with Gasteiger partial charge in [0.15, 0.2) is 0 Å². The summed E-state index contributed by atoms with van der Waals surface area (Å²) in [7, 11) is 0. The van der Waals surface area contributed by atoms with Crippen molar-refractivity contribution >= 4 is 28.5 Å². The number of fused-ring (bicyclic) bond motifs is 1. The Hall–Kier alpha value is -3.83. The van der Waals surface area contributed by atoms with E-state index >= 15 is 0 Å². The van der Waals surface area contributed by atoms with E-state index in [2.05, 4.69) is 12.1 Å². The lowest BCUT2D eigenvalue weighted by molar-refractivity contribution is -0.143. The zero-order valence-electron chi connectivity index (χ0n) is 14.8. The maximum absolute atomic E-state index is 11.9. The first-order valence-electron chi connectivity index (χ1n) is 8.52. The molecule has 27 heavy (non-hydrogen) atoms. The Labute approximate surface area is 157 Å². The van der Waals surface area contributed by atoms with Crippen LogP contribution in [0.3, 0.4) is 0 Å². The molecule has 5 heteroatoms. The Morgan fingerprint density at radius 1 is 1.19 bits per heavy atom. The van der Waals surface area contributed by atoms with Crippen LogP contribution in [0.5, 0.6) is 0 Å². The van der Waals surface area contributed by atoms with E-state index in [1.165, 1.54) is 0 Å². The third-order valence-electron chi connectivity index (χ3n) is 4.15. The molecule has 0 saturated heterocycles. The standard InChI is InChI=1S/C22H17N3O2/c1-2-27-22(26)15-25-14-19(20-8-3-4-9-21(20)25)11-18(13-24)17-7-5-6-16(10-17)12-23/h3-11,14H,2,15H2,1H3. The Morgan fingerprint density at radius 2 is 2.00 bits per heavy atom. The highest BCUT2D eigenvalue weighted by molar-refractivity contribution is 5.98. The van der Waals surface area contributed by atoms with Crippen LogP contribution in [0.4, 0.5) is 0 Å². The molecule has 0 atom stereocenters. The molecule has 1 heterocycles. The van der Waals surface area contributed by atoms with Gasteiger partial charge in [0.1, 0.15) is 6.54 Å². The van der Waals surface area contributed by atoms with Gasteiger partial charge in [-0.05, 0) is 36.8 Å². The molecule has 0 radical (unpaired) electrons. The van der Waals surface area contributed by atoms with Crippen molar-refractivity contribution in [2.75, 3.05) is 6.61 Å². The molecule has 0 amide bonds. The molecule has 3 rings (SSSR count). The Kier molecular flexibility index (Phi) is 5.35. The van der Waals surface area contributed by atoms with Crippen molar-refractivity contribution in [1.82, 2.24) is 4.57 Å². The summed E-state index contributed by atoms with van der Waals surface area (Å²) in [5.74, 6) is -0.309. The van der Waals surface area contributed by atoms with Crippen molar-refractivity contribution in [2.45, 2.75) is 13.5 Å². The van der Waals surface area contributed by atoms with Gasteiger partial charge in [-0.15, -0.1) is 0 Å². The number of aromatic nitrogens is 1. The van der Waals surface area contributed by atoms with Crippen LogP contribution in [-0.4, -0.2) is 17.1 Å². The largest absolute Gasteiger partial charge is 0.465 e. The quantitative estimate of drug-likeness (QED) is 0.509. The van der Waals surface area contributed by atoms with Gasteiger partial charge in [-0.1, -0.05) is 30.3 Å². The summed E-state index contributed by atoms with van der Waals surface area (Å²) < 4.78 is 6.86. The molecule has 0 bridgehead atoms. The molecular formula is C22H17N3O2. The summed E-state index contributed by atoms with van der Waals surface area (Å²) >= 11 is 0. The fourth-order valence-electron chi connectivity index (χ4n) is 2.96. The molecule has 0 N–H and O–H groups in total. The number of para-hydroxylation sites is 1. The summed E-state index contributed by atoms with van der Waals surface area (Å²) in [6.45, 7) is 2.21. The predicted molar refractivity (Wildman–Crippen MR) is 103 cm³/mol. The van der Waals surface area contributed by atoms with E-state index in [9.17, 15) is 10.1 Å². The SMILES string of the molecule is CCOC(=O)Cn1cc(C=C(C#N)c2cccc(C#N)c2)c2ccccc21. The average Bonchev–Trinajstić information content (AvgIpc) is 3.03. The lowest BCUT2D eigenvalue weighted by Crippen LogP contribution is -2.12. The van der Waals surface area contributed by atoms with Crippen molar-refractivity contribution in [3.8, 4) is 12.1 Å². The molecule has 0 aliphatic rings. The molecule has 2 aromatic carbocycles. The van der Waals surface area contributed by atoms with Crippen LogP contribution in [0.2, 0.25) is 0 Å². The number of hydrogen-bond donors (Lipinski definition) is 0. The van der Waals surface area contributed by atoms with Crippen LogP contribution in [0.1, 0.15) is 23.6 Å². The maximum atomic E-state index is 11.9. The van der Waals surface area contributed by atoms with E-state index < -0.39 is 0 Å². The molecule has 5 nitrogen and oxygen atoms in total. The van der Waals surface area contributed by atoms with Crippen LogP contribution < -0.4 is 0 Å². The van der Waals surface area contributed by atoms with Crippen molar-refractivity contribution < 1.29 is 9.53 Å². The topological polar surface area (TPSA) is 78.8 Å². The van der Waals surface area contributed by atoms with Crippen LogP contribution in [-0.2, 0) is 16.1 Å². The number of allylic oxidation sites excluding steroid dienone is 1. The van der Waals surface area contributed by atoms with Crippen molar-refractivity contribution in [3.63, 3.8) is 0 Å². The van der Waals surface area contributed by atoms with Crippen molar-refractivity contribution in [1.29, 1.82) is 10.5 Å². The first kappa shape index (κ1) is 18.0. The van der Waals surface area contributed by atoms with Gasteiger partial charge >= 0.3 is 5.97 Å². The van der Waals surface area contributed by atoms with Crippen molar-refractivity contribution in [3.05, 3.63) is 71.4 Å². The van der Waals surface area contributed by atoms with Gasteiger partial charge in [0, 0.05) is 22.7 Å². The molecule has 132 valence electrons. The van der Waals surface area contributed by atoms with Crippen LogP contribution in [0.25, 0.3) is 22.6 Å². The third kappa shape index (κ3) is 3.89. The van der Waals surface area contributed by atoms with E-state index in [1.54, 1.807) is 37.3 Å². The summed E-state index contributed by atoms with van der Waals surface area (Å²) in [5, 5.41) is 19.6. The number of benzene rings is 2. The van der Waals surface area contributed by atoms with E-state index in [-0.39, 0.29) is 12.5 Å². The number of esters is 1. The summed E-state index contributed by atoms with van der Waals surface area (Å²) in [6, 6.07) is 18.9. The minimum absolute atomic E-state index is 0.105. The lowest BCUT2D eigenvalue weighted by Gasteiger charge is -2.04. The third-order valence-corrected chi connectivity index (χ3v) is 4.15. The van der Waals surface area contributed by atoms with E-state index in [4.69, 9.17) is 10.00 Å². The number of nitriles is 2. The monoisotopic (exact) mass is 355 g/mol. The highest BCUT2D eigenvalue weighted by Gasteiger charge is 2.12. The second-order valence-electron chi connectivity index (χ2n) is 5.90. The number of carbonyl (C=O) groups is 1. The molecule has 0 aliphatic heterocycles. The van der Waals surface area contributed by atoms with Gasteiger partial charge in [0.05, 0.1) is 29.9 Å². The first-order chi connectivity index (χ1) is 13.2. The van der Waals surface area contributed by atoms with Gasteiger partial charge < -0.3 is 9.30 Å². The molecule has 0 spiro atoms. The minimum Gasteiger partial charge on any atom is -0.465 e. The highest BCUT2D eigenvalue weighted by Crippen LogP contribution is 2.26. The first-order valence-corrected chi connectivity index (χ1v) is 8.52. The molecule has 3 aromatic rings. The maximum Gasteiger partial charge on any atom is 0.325 e. The number of hydrogen-bond acceptors (Lipinski definition) is 4. The van der Waals surface area contributed by atoms with Crippen molar-refractivity contribution in [2.24, 2.45) is 0 Å². The van der Waals surface area contributed by atoms with Gasteiger partial charge in [0.25, 0.3) is 0 Å². The molecule has 0 fully saturated rings. The zero-order chi connectivity index (χ0) is 19.2. The van der Waals surface area contributed by atoms with Gasteiger partial charge in [0.2, 0.25) is 0 Å². The Morgan fingerprint density at radius 3 is 2.74 bits per heavy atom. The zero-order valence-corrected chi connectivity index (χ0v) is 14.8. The molecular weight excluding hydrogens is 338 g/mol. The van der Waals surface area contributed by atoms with Gasteiger partial charge in [-0.25, -0.2) is 0 Å². The van der Waals surface area contributed by atoms with Crippen LogP contribution in [0, 0.1) is 22.7 Å². The molecule has 0 saturated carbocycles. The fraction of sp³-hybridized carbons (Fsp3) is 0.136. The highest BCUT2D eigenvalue weighted by atomic mass is 16.5.